The van der Waals surface area contributed by atoms with Crippen LogP contribution in [-0.2, 0) is 16.6 Å². The zero-order valence-electron chi connectivity index (χ0n) is 15.7. The number of hydrogen-bond donors (Lipinski definition) is 1. The molecule has 3 heterocycles. The number of amides is 1. The lowest BCUT2D eigenvalue weighted by Gasteiger charge is -2.24. The van der Waals surface area contributed by atoms with Crippen LogP contribution in [0, 0.1) is 13.8 Å². The van der Waals surface area contributed by atoms with E-state index in [0.29, 0.717) is 17.1 Å². The van der Waals surface area contributed by atoms with E-state index in [1.54, 1.807) is 0 Å². The van der Waals surface area contributed by atoms with Gasteiger partial charge < -0.3 is 14.6 Å². The fraction of sp³-hybridized carbons (Fsp3) is 0.474. The number of nitrogens with zero attached hydrogens (tertiary/aromatic N) is 2. The molecule has 1 amide bonds. The van der Waals surface area contributed by atoms with Gasteiger partial charge in [0.1, 0.15) is 5.00 Å². The summed E-state index contributed by atoms with van der Waals surface area (Å²) in [7, 11) is 3.39. The SMILES string of the molecule is COC(=O)c1c(NC(=O)CN2CCC[C@@H]2c2cccn2C)sc(C)c1C. The minimum Gasteiger partial charge on any atom is -0.465 e. The van der Waals surface area contributed by atoms with Crippen molar-refractivity contribution in [2.45, 2.75) is 32.7 Å². The molecule has 1 aliphatic rings. The number of nitrogens with one attached hydrogen (secondary N) is 1. The predicted molar refractivity (Wildman–Crippen MR) is 103 cm³/mol. The highest BCUT2D eigenvalue weighted by atomic mass is 32.1. The highest BCUT2D eigenvalue weighted by molar-refractivity contribution is 7.16. The van der Waals surface area contributed by atoms with Crippen LogP contribution < -0.4 is 5.32 Å². The van der Waals surface area contributed by atoms with Gasteiger partial charge in [0, 0.05) is 23.8 Å². The summed E-state index contributed by atoms with van der Waals surface area (Å²) in [6.07, 6.45) is 4.16. The second-order valence-electron chi connectivity index (χ2n) is 6.70. The van der Waals surface area contributed by atoms with E-state index in [1.165, 1.54) is 24.1 Å². The van der Waals surface area contributed by atoms with E-state index >= 15 is 0 Å². The van der Waals surface area contributed by atoms with Crippen LogP contribution in [0.1, 0.15) is 45.4 Å². The Labute approximate surface area is 157 Å². The topological polar surface area (TPSA) is 63.6 Å². The zero-order valence-corrected chi connectivity index (χ0v) is 16.5. The summed E-state index contributed by atoms with van der Waals surface area (Å²) in [5, 5.41) is 3.50. The standard InChI is InChI=1S/C19H25N3O3S/c1-12-13(2)26-18(17(12)19(24)25-4)20-16(23)11-22-10-6-8-15(22)14-7-5-9-21(14)3/h5,7,9,15H,6,8,10-11H2,1-4H3,(H,20,23)/t15-/m1/s1. The normalized spacial score (nSPS) is 17.5. The number of likely N-dealkylation sites (tertiary alicyclic amines) is 1. The number of ether oxygens (including phenoxy) is 1. The zero-order chi connectivity index (χ0) is 18.8. The number of aryl methyl sites for hydroxylation is 2. The molecule has 1 N–H and O–H groups in total. The van der Waals surface area contributed by atoms with E-state index in [0.717, 1.165) is 29.8 Å². The van der Waals surface area contributed by atoms with E-state index in [1.807, 2.05) is 33.2 Å². The predicted octanol–water partition coefficient (Wildman–Crippen LogP) is 3.27. The van der Waals surface area contributed by atoms with Gasteiger partial charge in [-0.3, -0.25) is 9.69 Å². The van der Waals surface area contributed by atoms with E-state index in [9.17, 15) is 9.59 Å². The Morgan fingerprint density at radius 3 is 2.81 bits per heavy atom. The van der Waals surface area contributed by atoms with Crippen LogP contribution in [-0.4, -0.2) is 41.5 Å². The first-order valence-electron chi connectivity index (χ1n) is 8.75. The van der Waals surface area contributed by atoms with Crippen molar-refractivity contribution in [3.8, 4) is 0 Å². The summed E-state index contributed by atoms with van der Waals surface area (Å²) in [5.74, 6) is -0.512. The van der Waals surface area contributed by atoms with Gasteiger partial charge in [-0.1, -0.05) is 0 Å². The van der Waals surface area contributed by atoms with Gasteiger partial charge in [-0.15, -0.1) is 11.3 Å². The van der Waals surface area contributed by atoms with Crippen molar-refractivity contribution < 1.29 is 14.3 Å². The Balaban J connectivity index is 1.72. The summed E-state index contributed by atoms with van der Waals surface area (Å²) >= 11 is 1.42. The number of thiophene rings is 1. The van der Waals surface area contributed by atoms with E-state index in [2.05, 4.69) is 20.9 Å². The fourth-order valence-corrected chi connectivity index (χ4v) is 4.65. The van der Waals surface area contributed by atoms with Crippen LogP contribution in [0.2, 0.25) is 0 Å². The summed E-state index contributed by atoms with van der Waals surface area (Å²) < 4.78 is 6.98. The Morgan fingerprint density at radius 2 is 2.15 bits per heavy atom. The molecule has 3 rings (SSSR count). The first kappa shape index (κ1) is 18.7. The number of methoxy groups -OCH3 is 1. The third kappa shape index (κ3) is 3.54. The highest BCUT2D eigenvalue weighted by Crippen LogP contribution is 2.34. The molecule has 0 spiro atoms. The van der Waals surface area contributed by atoms with Gasteiger partial charge in [-0.05, 0) is 50.9 Å². The summed E-state index contributed by atoms with van der Waals surface area (Å²) in [5.41, 5.74) is 2.55. The fourth-order valence-electron chi connectivity index (χ4n) is 3.58. The maximum atomic E-state index is 12.6. The van der Waals surface area contributed by atoms with Gasteiger partial charge in [0.25, 0.3) is 0 Å². The Bertz CT molecular complexity index is 824. The van der Waals surface area contributed by atoms with Gasteiger partial charge in [-0.25, -0.2) is 4.79 Å². The molecule has 7 heteroatoms. The maximum absolute atomic E-state index is 12.6. The van der Waals surface area contributed by atoms with Gasteiger partial charge in [-0.2, -0.15) is 0 Å². The van der Waals surface area contributed by atoms with Crippen LogP contribution in [0.3, 0.4) is 0 Å². The smallest absolute Gasteiger partial charge is 0.341 e. The lowest BCUT2D eigenvalue weighted by Crippen LogP contribution is -2.33. The molecule has 6 nitrogen and oxygen atoms in total. The molecule has 0 unspecified atom stereocenters. The van der Waals surface area contributed by atoms with Crippen LogP contribution >= 0.6 is 11.3 Å². The van der Waals surface area contributed by atoms with Crippen LogP contribution in [0.4, 0.5) is 5.00 Å². The molecule has 0 radical (unpaired) electrons. The maximum Gasteiger partial charge on any atom is 0.341 e. The number of carbonyl (C=O) groups excluding carboxylic acids is 2. The number of anilines is 1. The van der Waals surface area contributed by atoms with Crippen molar-refractivity contribution in [1.29, 1.82) is 0 Å². The second-order valence-corrected chi connectivity index (χ2v) is 7.92. The number of hydrogen-bond acceptors (Lipinski definition) is 5. The van der Waals surface area contributed by atoms with Gasteiger partial charge in [0.05, 0.1) is 25.3 Å². The van der Waals surface area contributed by atoms with Crippen molar-refractivity contribution >= 4 is 28.2 Å². The summed E-state index contributed by atoms with van der Waals surface area (Å²) in [6.45, 7) is 5.02. The third-order valence-corrected chi connectivity index (χ3v) is 6.19. The first-order valence-corrected chi connectivity index (χ1v) is 9.57. The molecule has 1 fully saturated rings. The average Bonchev–Trinajstić information content (AvgIpc) is 3.28. The molecule has 1 atom stereocenters. The van der Waals surface area contributed by atoms with Crippen molar-refractivity contribution in [3.63, 3.8) is 0 Å². The lowest BCUT2D eigenvalue weighted by molar-refractivity contribution is -0.117. The molecule has 2 aromatic rings. The molecule has 2 aromatic heterocycles. The number of aromatic nitrogens is 1. The molecule has 0 aromatic carbocycles. The number of esters is 1. The molecule has 26 heavy (non-hydrogen) atoms. The minimum atomic E-state index is -0.412. The van der Waals surface area contributed by atoms with Crippen molar-refractivity contribution in [1.82, 2.24) is 9.47 Å². The molecule has 0 aliphatic carbocycles. The van der Waals surface area contributed by atoms with Gasteiger partial charge in [0.2, 0.25) is 5.91 Å². The minimum absolute atomic E-state index is 0.0995. The average molecular weight is 375 g/mol. The molecule has 1 aliphatic heterocycles. The Kier molecular flexibility index (Phi) is 5.48. The van der Waals surface area contributed by atoms with E-state index in [4.69, 9.17) is 4.74 Å². The molecule has 1 saturated heterocycles. The molecule has 140 valence electrons. The van der Waals surface area contributed by atoms with E-state index < -0.39 is 5.97 Å². The monoisotopic (exact) mass is 375 g/mol. The second kappa shape index (κ2) is 7.63. The Morgan fingerprint density at radius 1 is 1.38 bits per heavy atom. The van der Waals surface area contributed by atoms with Gasteiger partial charge >= 0.3 is 5.97 Å². The molecular formula is C19H25N3O3S. The largest absolute Gasteiger partial charge is 0.465 e. The Hall–Kier alpha value is -2.12. The molecule has 0 saturated carbocycles. The summed E-state index contributed by atoms with van der Waals surface area (Å²) in [6, 6.07) is 4.40. The third-order valence-electron chi connectivity index (χ3n) is 5.06. The number of carbonyl (C=O) groups is 2. The van der Waals surface area contributed by atoms with Crippen LogP contribution in [0.15, 0.2) is 18.3 Å². The van der Waals surface area contributed by atoms with Crippen molar-refractivity contribution in [2.75, 3.05) is 25.5 Å². The van der Waals surface area contributed by atoms with Crippen LogP contribution in [0.5, 0.6) is 0 Å². The number of rotatable bonds is 5. The van der Waals surface area contributed by atoms with Crippen molar-refractivity contribution in [3.05, 3.63) is 40.0 Å². The van der Waals surface area contributed by atoms with Crippen LogP contribution in [0.25, 0.3) is 0 Å². The summed E-state index contributed by atoms with van der Waals surface area (Å²) in [4.78, 5) is 27.9. The first-order chi connectivity index (χ1) is 12.4. The van der Waals surface area contributed by atoms with Gasteiger partial charge in [0.15, 0.2) is 0 Å². The molecular weight excluding hydrogens is 350 g/mol. The molecule has 0 bridgehead atoms. The van der Waals surface area contributed by atoms with E-state index in [-0.39, 0.29) is 11.9 Å². The quantitative estimate of drug-likeness (QED) is 0.815. The van der Waals surface area contributed by atoms with Crippen molar-refractivity contribution in [2.24, 2.45) is 7.05 Å². The lowest BCUT2D eigenvalue weighted by atomic mass is 10.1. The highest BCUT2D eigenvalue weighted by Gasteiger charge is 2.29.